The fourth-order valence-corrected chi connectivity index (χ4v) is 0.789. The van der Waals surface area contributed by atoms with Gasteiger partial charge in [0, 0.05) is 23.4 Å². The van der Waals surface area contributed by atoms with E-state index in [-0.39, 0.29) is 11.8 Å². The van der Waals surface area contributed by atoms with Gasteiger partial charge >= 0.3 is 0 Å². The first-order chi connectivity index (χ1) is 5.65. The molecule has 0 aliphatic rings. The highest BCUT2D eigenvalue weighted by atomic mass is 19.3. The van der Waals surface area contributed by atoms with Gasteiger partial charge in [0.05, 0.1) is 0 Å². The van der Waals surface area contributed by atoms with Crippen LogP contribution in [-0.4, -0.2) is 11.3 Å². The van der Waals surface area contributed by atoms with Crippen LogP contribution in [0.1, 0.15) is 22.3 Å². The van der Waals surface area contributed by atoms with E-state index >= 15 is 0 Å². The second-order valence-electron chi connectivity index (χ2n) is 2.13. The molecule has 3 nitrogen and oxygen atoms in total. The largest absolute Gasteiger partial charge is 0.328 e. The van der Waals surface area contributed by atoms with E-state index in [9.17, 15) is 18.4 Å². The Morgan fingerprint density at radius 2 is 2.17 bits per heavy atom. The maximum Gasteiger partial charge on any atom is 0.264 e. The Bertz CT molecular complexity index is 346. The molecule has 0 radical (unpaired) electrons. The first kappa shape index (κ1) is 8.58. The van der Waals surface area contributed by atoms with E-state index in [2.05, 4.69) is 4.98 Å². The van der Waals surface area contributed by atoms with Crippen molar-refractivity contribution in [1.82, 2.24) is 4.98 Å². The number of pyridine rings is 1. The first-order valence-electron chi connectivity index (χ1n) is 3.11. The summed E-state index contributed by atoms with van der Waals surface area (Å²) in [5, 5.41) is 0. The third kappa shape index (κ3) is 1.55. The van der Waals surface area contributed by atoms with Gasteiger partial charge in [-0.15, -0.1) is 0 Å². The van der Waals surface area contributed by atoms with E-state index < -0.39 is 17.5 Å². The van der Waals surface area contributed by atoms with Crippen LogP contribution in [0.15, 0.2) is 17.1 Å². The number of alkyl halides is 2. The summed E-state index contributed by atoms with van der Waals surface area (Å²) >= 11 is 0. The quantitative estimate of drug-likeness (QED) is 0.681. The second-order valence-corrected chi connectivity index (χ2v) is 2.13. The maximum atomic E-state index is 12.1. The number of aromatic amines is 1. The van der Waals surface area contributed by atoms with E-state index in [1.54, 1.807) is 0 Å². The monoisotopic (exact) mass is 173 g/mol. The highest BCUT2D eigenvalue weighted by Crippen LogP contribution is 2.18. The molecule has 12 heavy (non-hydrogen) atoms. The molecule has 1 heterocycles. The highest BCUT2D eigenvalue weighted by molar-refractivity contribution is 5.76. The lowest BCUT2D eigenvalue weighted by molar-refractivity contribution is 0.110. The molecule has 0 atom stereocenters. The van der Waals surface area contributed by atoms with Crippen molar-refractivity contribution in [2.75, 3.05) is 0 Å². The minimum Gasteiger partial charge on any atom is -0.328 e. The van der Waals surface area contributed by atoms with Gasteiger partial charge in [0.1, 0.15) is 0 Å². The number of H-pyrrole nitrogens is 1. The molecule has 0 saturated carbocycles. The Kier molecular flexibility index (Phi) is 2.32. The lowest BCUT2D eigenvalue weighted by Gasteiger charge is -2.00. The molecule has 5 heteroatoms. The Morgan fingerprint density at radius 1 is 1.50 bits per heavy atom. The number of hydrogen-bond donors (Lipinski definition) is 1. The van der Waals surface area contributed by atoms with Crippen LogP contribution in [-0.2, 0) is 0 Å². The van der Waals surface area contributed by atoms with Crippen molar-refractivity contribution >= 4 is 6.29 Å². The lowest BCUT2D eigenvalue weighted by Crippen LogP contribution is -2.08. The summed E-state index contributed by atoms with van der Waals surface area (Å²) in [5.74, 6) is 0. The zero-order valence-electron chi connectivity index (χ0n) is 5.88. The Morgan fingerprint density at radius 3 is 2.67 bits per heavy atom. The summed E-state index contributed by atoms with van der Waals surface area (Å²) in [6.45, 7) is 0. The lowest BCUT2D eigenvalue weighted by atomic mass is 10.2. The second kappa shape index (κ2) is 3.25. The van der Waals surface area contributed by atoms with Gasteiger partial charge in [-0.1, -0.05) is 0 Å². The molecule has 64 valence electrons. The number of nitrogens with one attached hydrogen (secondary N) is 1. The Labute approximate surface area is 66.0 Å². The summed E-state index contributed by atoms with van der Waals surface area (Å²) in [6, 6.07) is 0.717. The number of carbonyl (C=O) groups excluding carboxylic acids is 1. The topological polar surface area (TPSA) is 49.9 Å². The fraction of sp³-hybridized carbons (Fsp3) is 0.143. The van der Waals surface area contributed by atoms with Crippen molar-refractivity contribution in [3.05, 3.63) is 33.7 Å². The summed E-state index contributed by atoms with van der Waals surface area (Å²) < 4.78 is 24.2. The molecule has 0 spiro atoms. The smallest absolute Gasteiger partial charge is 0.264 e. The van der Waals surface area contributed by atoms with Crippen molar-refractivity contribution in [1.29, 1.82) is 0 Å². The number of carbonyl (C=O) groups is 1. The molecular formula is C7H5F2NO2. The molecule has 0 amide bonds. The van der Waals surface area contributed by atoms with Crippen LogP contribution in [0.5, 0.6) is 0 Å². The zero-order valence-corrected chi connectivity index (χ0v) is 5.88. The highest BCUT2D eigenvalue weighted by Gasteiger charge is 2.12. The molecule has 1 N–H and O–H groups in total. The third-order valence-electron chi connectivity index (χ3n) is 1.35. The van der Waals surface area contributed by atoms with Crippen LogP contribution >= 0.6 is 0 Å². The Hall–Kier alpha value is -1.52. The van der Waals surface area contributed by atoms with Gasteiger partial charge in [0.25, 0.3) is 6.43 Å². The van der Waals surface area contributed by atoms with Crippen LogP contribution in [0.4, 0.5) is 8.78 Å². The minimum atomic E-state index is -2.80. The van der Waals surface area contributed by atoms with Crippen LogP contribution in [0.3, 0.4) is 0 Å². The van der Waals surface area contributed by atoms with Gasteiger partial charge in [-0.25, -0.2) is 8.78 Å². The van der Waals surface area contributed by atoms with Crippen molar-refractivity contribution in [2.45, 2.75) is 6.43 Å². The molecule has 0 aliphatic carbocycles. The van der Waals surface area contributed by atoms with E-state index in [0.717, 1.165) is 6.20 Å². The van der Waals surface area contributed by atoms with Gasteiger partial charge in [-0.2, -0.15) is 0 Å². The predicted molar refractivity (Wildman–Crippen MR) is 37.4 cm³/mol. The van der Waals surface area contributed by atoms with Crippen molar-refractivity contribution in [3.8, 4) is 0 Å². The van der Waals surface area contributed by atoms with Gasteiger partial charge in [0.15, 0.2) is 6.29 Å². The third-order valence-corrected chi connectivity index (χ3v) is 1.35. The van der Waals surface area contributed by atoms with Gasteiger partial charge in [-0.05, 0) is 0 Å². The molecule has 0 bridgehead atoms. The summed E-state index contributed by atoms with van der Waals surface area (Å²) in [7, 11) is 0. The molecular weight excluding hydrogens is 168 g/mol. The molecule has 1 aromatic heterocycles. The van der Waals surface area contributed by atoms with Crippen LogP contribution in [0, 0.1) is 0 Å². The summed E-state index contributed by atoms with van der Waals surface area (Å²) in [4.78, 5) is 22.9. The molecule has 0 saturated heterocycles. The summed E-state index contributed by atoms with van der Waals surface area (Å²) in [5.41, 5.74) is -1.37. The molecule has 1 aromatic rings. The number of aldehydes is 1. The van der Waals surface area contributed by atoms with Crippen molar-refractivity contribution < 1.29 is 13.6 Å². The predicted octanol–water partition coefficient (Wildman–Crippen LogP) is 1.12. The number of halogens is 2. The Balaban J connectivity index is 3.31. The normalized spacial score (nSPS) is 10.2. The SMILES string of the molecule is O=Cc1c[nH]c(=O)cc1C(F)F. The fourth-order valence-electron chi connectivity index (χ4n) is 0.789. The molecule has 0 fully saturated rings. The number of rotatable bonds is 2. The van der Waals surface area contributed by atoms with Gasteiger partial charge < -0.3 is 4.98 Å². The van der Waals surface area contributed by atoms with Crippen LogP contribution < -0.4 is 5.56 Å². The average Bonchev–Trinajstić information content (AvgIpc) is 2.04. The van der Waals surface area contributed by atoms with E-state index in [0.29, 0.717) is 6.07 Å². The minimum absolute atomic E-state index is 0.190. The zero-order chi connectivity index (χ0) is 9.14. The summed E-state index contributed by atoms with van der Waals surface area (Å²) in [6.07, 6.45) is -1.55. The van der Waals surface area contributed by atoms with E-state index in [4.69, 9.17) is 0 Å². The average molecular weight is 173 g/mol. The standard InChI is InChI=1S/C7H5F2NO2/c8-7(9)5-1-6(12)10-2-4(5)3-11/h1-3,7H,(H,10,12). The maximum absolute atomic E-state index is 12.1. The molecule has 0 aromatic carbocycles. The number of hydrogen-bond acceptors (Lipinski definition) is 2. The molecule has 0 unspecified atom stereocenters. The van der Waals surface area contributed by atoms with E-state index in [1.165, 1.54) is 0 Å². The molecule has 0 aliphatic heterocycles. The van der Waals surface area contributed by atoms with Crippen molar-refractivity contribution in [3.63, 3.8) is 0 Å². The number of aromatic nitrogens is 1. The van der Waals surface area contributed by atoms with Crippen LogP contribution in [0.25, 0.3) is 0 Å². The van der Waals surface area contributed by atoms with Crippen LogP contribution in [0.2, 0.25) is 0 Å². The van der Waals surface area contributed by atoms with Gasteiger partial charge in [0.2, 0.25) is 5.56 Å². The van der Waals surface area contributed by atoms with Crippen molar-refractivity contribution in [2.24, 2.45) is 0 Å². The van der Waals surface area contributed by atoms with Gasteiger partial charge in [-0.3, -0.25) is 9.59 Å². The first-order valence-corrected chi connectivity index (χ1v) is 3.11. The van der Waals surface area contributed by atoms with E-state index in [1.807, 2.05) is 0 Å². The molecule has 1 rings (SSSR count).